The number of phenols is 1. The monoisotopic (exact) mass is 328 g/mol. The molecule has 1 aliphatic carbocycles. The number of aryl methyl sites for hydroxylation is 1. The van der Waals surface area contributed by atoms with Gasteiger partial charge in [-0.25, -0.2) is 0 Å². The van der Waals surface area contributed by atoms with Crippen LogP contribution in [0.3, 0.4) is 0 Å². The zero-order valence-electron chi connectivity index (χ0n) is 10.8. The van der Waals surface area contributed by atoms with E-state index < -0.39 is 0 Å². The molecular formula is C17H13BrO2. The Hall–Kier alpha value is -1.87. The summed E-state index contributed by atoms with van der Waals surface area (Å²) in [5.41, 5.74) is 3.67. The Balaban J connectivity index is 1.97. The molecule has 0 amide bonds. The molecule has 20 heavy (non-hydrogen) atoms. The highest BCUT2D eigenvalue weighted by molar-refractivity contribution is 9.10. The van der Waals surface area contributed by atoms with Gasteiger partial charge in [0.25, 0.3) is 0 Å². The number of fused-ring (bicyclic) bond motifs is 1. The number of rotatable bonds is 1. The highest BCUT2D eigenvalue weighted by Gasteiger charge is 2.21. The summed E-state index contributed by atoms with van der Waals surface area (Å²) in [5, 5.41) is 9.50. The fourth-order valence-corrected chi connectivity index (χ4v) is 2.86. The van der Waals surface area contributed by atoms with Crippen molar-refractivity contribution >= 4 is 27.8 Å². The van der Waals surface area contributed by atoms with Crippen LogP contribution in [0.5, 0.6) is 5.75 Å². The molecule has 0 fully saturated rings. The van der Waals surface area contributed by atoms with Crippen LogP contribution < -0.4 is 0 Å². The summed E-state index contributed by atoms with van der Waals surface area (Å²) in [5.74, 6) is 0.309. The second-order valence-electron chi connectivity index (χ2n) is 4.87. The topological polar surface area (TPSA) is 37.3 Å². The van der Waals surface area contributed by atoms with Gasteiger partial charge in [-0.1, -0.05) is 30.3 Å². The molecule has 0 unspecified atom stereocenters. The molecule has 3 heteroatoms. The molecular weight excluding hydrogens is 316 g/mol. The van der Waals surface area contributed by atoms with Crippen molar-refractivity contribution in [1.82, 2.24) is 0 Å². The first-order valence-corrected chi connectivity index (χ1v) is 7.26. The molecule has 0 spiro atoms. The normalized spacial score (nSPS) is 16.2. The minimum absolute atomic E-state index is 0.107. The van der Waals surface area contributed by atoms with E-state index in [1.165, 1.54) is 0 Å². The van der Waals surface area contributed by atoms with Gasteiger partial charge in [0.2, 0.25) is 0 Å². The molecule has 100 valence electrons. The number of aromatic hydroxyl groups is 1. The molecule has 1 N–H and O–H groups in total. The number of Topliss-reactive ketones (excluding diaryl/α,β-unsaturated/α-hetero) is 1. The highest BCUT2D eigenvalue weighted by atomic mass is 79.9. The predicted octanol–water partition coefficient (Wildman–Crippen LogP) is 4.37. The number of carbonyl (C=O) groups is 1. The largest absolute Gasteiger partial charge is 0.507 e. The second kappa shape index (κ2) is 5.25. The minimum Gasteiger partial charge on any atom is -0.507 e. The zero-order chi connectivity index (χ0) is 14.1. The van der Waals surface area contributed by atoms with E-state index in [4.69, 9.17) is 0 Å². The maximum absolute atomic E-state index is 12.4. The van der Waals surface area contributed by atoms with E-state index in [2.05, 4.69) is 15.9 Å². The van der Waals surface area contributed by atoms with E-state index in [-0.39, 0.29) is 11.5 Å². The third kappa shape index (κ3) is 2.41. The molecule has 0 radical (unpaired) electrons. The highest BCUT2D eigenvalue weighted by Crippen LogP contribution is 2.29. The Morgan fingerprint density at radius 2 is 1.90 bits per heavy atom. The van der Waals surface area contributed by atoms with Crippen molar-refractivity contribution in [3.8, 4) is 5.75 Å². The van der Waals surface area contributed by atoms with Crippen molar-refractivity contribution in [2.45, 2.75) is 12.8 Å². The van der Waals surface area contributed by atoms with Gasteiger partial charge in [-0.05, 0) is 58.1 Å². The fourth-order valence-electron chi connectivity index (χ4n) is 2.47. The zero-order valence-corrected chi connectivity index (χ0v) is 12.4. The van der Waals surface area contributed by atoms with Gasteiger partial charge in [0.05, 0.1) is 4.47 Å². The summed E-state index contributed by atoms with van der Waals surface area (Å²) in [4.78, 5) is 12.4. The van der Waals surface area contributed by atoms with Crippen LogP contribution in [0.25, 0.3) is 6.08 Å². The van der Waals surface area contributed by atoms with Crippen molar-refractivity contribution in [2.24, 2.45) is 0 Å². The van der Waals surface area contributed by atoms with Gasteiger partial charge in [-0.3, -0.25) is 4.79 Å². The molecule has 0 saturated carbocycles. The van der Waals surface area contributed by atoms with E-state index in [0.717, 1.165) is 35.1 Å². The Kier molecular flexibility index (Phi) is 3.45. The molecule has 1 aliphatic rings. The van der Waals surface area contributed by atoms with Crippen molar-refractivity contribution in [3.63, 3.8) is 0 Å². The maximum Gasteiger partial charge on any atom is 0.189 e. The average molecular weight is 329 g/mol. The summed E-state index contributed by atoms with van der Waals surface area (Å²) in [6.07, 6.45) is 3.56. The predicted molar refractivity (Wildman–Crippen MR) is 82.9 cm³/mol. The molecule has 2 aromatic carbocycles. The first kappa shape index (κ1) is 13.1. The van der Waals surface area contributed by atoms with E-state index in [9.17, 15) is 9.90 Å². The maximum atomic E-state index is 12.4. The van der Waals surface area contributed by atoms with Crippen LogP contribution in [0.1, 0.15) is 27.9 Å². The van der Waals surface area contributed by atoms with Crippen LogP contribution in [0.2, 0.25) is 0 Å². The lowest BCUT2D eigenvalue weighted by atomic mass is 9.86. The molecule has 0 heterocycles. The fraction of sp³-hybridized carbons (Fsp3) is 0.118. The quantitative estimate of drug-likeness (QED) is 0.789. The Bertz CT molecular complexity index is 717. The van der Waals surface area contributed by atoms with Crippen molar-refractivity contribution in [3.05, 3.63) is 69.2 Å². The summed E-state index contributed by atoms with van der Waals surface area (Å²) in [6.45, 7) is 0. The number of hydrogen-bond donors (Lipinski definition) is 1. The summed E-state index contributed by atoms with van der Waals surface area (Å²) in [7, 11) is 0. The average Bonchev–Trinajstić information content (AvgIpc) is 2.46. The van der Waals surface area contributed by atoms with Gasteiger partial charge < -0.3 is 5.11 Å². The molecule has 0 bridgehead atoms. The lowest BCUT2D eigenvalue weighted by Crippen LogP contribution is -2.13. The third-order valence-electron chi connectivity index (χ3n) is 3.53. The molecule has 2 nitrogen and oxygen atoms in total. The van der Waals surface area contributed by atoms with Gasteiger partial charge in [-0.15, -0.1) is 0 Å². The van der Waals surface area contributed by atoms with Gasteiger partial charge in [-0.2, -0.15) is 0 Å². The molecule has 0 atom stereocenters. The first-order valence-electron chi connectivity index (χ1n) is 6.47. The van der Waals surface area contributed by atoms with Crippen LogP contribution in [0.15, 0.2) is 52.5 Å². The van der Waals surface area contributed by atoms with Crippen molar-refractivity contribution in [2.75, 3.05) is 0 Å². The standard InChI is InChI=1S/C17H13BrO2/c18-15-10-11(5-8-16(15)19)9-13-7-6-12-3-1-2-4-14(12)17(13)20/h1-5,8-10,19H,6-7H2/b13-9+. The lowest BCUT2D eigenvalue weighted by Gasteiger charge is -2.17. The smallest absolute Gasteiger partial charge is 0.189 e. The lowest BCUT2D eigenvalue weighted by molar-refractivity contribution is 0.102. The van der Waals surface area contributed by atoms with E-state index in [0.29, 0.717) is 4.47 Å². The first-order chi connectivity index (χ1) is 9.65. The third-order valence-corrected chi connectivity index (χ3v) is 4.17. The summed E-state index contributed by atoms with van der Waals surface area (Å²) < 4.78 is 0.635. The molecule has 2 aromatic rings. The summed E-state index contributed by atoms with van der Waals surface area (Å²) in [6, 6.07) is 13.0. The minimum atomic E-state index is 0.107. The molecule has 0 aliphatic heterocycles. The number of carbonyl (C=O) groups excluding carboxylic acids is 1. The Morgan fingerprint density at radius 3 is 2.70 bits per heavy atom. The molecule has 0 aromatic heterocycles. The van der Waals surface area contributed by atoms with Crippen molar-refractivity contribution < 1.29 is 9.90 Å². The van der Waals surface area contributed by atoms with Crippen molar-refractivity contribution in [1.29, 1.82) is 0 Å². The van der Waals surface area contributed by atoms with E-state index >= 15 is 0 Å². The van der Waals surface area contributed by atoms with Crippen LogP contribution in [-0.4, -0.2) is 10.9 Å². The number of phenolic OH excluding ortho intramolecular Hbond substituents is 1. The molecule has 0 saturated heterocycles. The van der Waals surface area contributed by atoms with Gasteiger partial charge >= 0.3 is 0 Å². The van der Waals surface area contributed by atoms with Gasteiger partial charge in [0, 0.05) is 11.1 Å². The van der Waals surface area contributed by atoms with Crippen LogP contribution in [0, 0.1) is 0 Å². The van der Waals surface area contributed by atoms with Gasteiger partial charge in [0.15, 0.2) is 5.78 Å². The van der Waals surface area contributed by atoms with E-state index in [1.54, 1.807) is 12.1 Å². The van der Waals surface area contributed by atoms with Crippen LogP contribution >= 0.6 is 15.9 Å². The number of ketones is 1. The number of hydrogen-bond acceptors (Lipinski definition) is 2. The SMILES string of the molecule is O=C1/C(=C/c2ccc(O)c(Br)c2)CCc2ccccc21. The summed E-state index contributed by atoms with van der Waals surface area (Å²) >= 11 is 3.29. The van der Waals surface area contributed by atoms with Crippen LogP contribution in [0.4, 0.5) is 0 Å². The second-order valence-corrected chi connectivity index (χ2v) is 5.72. The number of allylic oxidation sites excluding steroid dienone is 1. The number of halogens is 1. The van der Waals surface area contributed by atoms with Crippen LogP contribution in [-0.2, 0) is 6.42 Å². The van der Waals surface area contributed by atoms with E-state index in [1.807, 2.05) is 36.4 Å². The number of benzene rings is 2. The molecule has 3 rings (SSSR count). The Labute approximate surface area is 125 Å². The van der Waals surface area contributed by atoms with Gasteiger partial charge in [0.1, 0.15) is 5.75 Å². The Morgan fingerprint density at radius 1 is 1.10 bits per heavy atom.